The minimum absolute atomic E-state index is 0.0281. The molecule has 0 radical (unpaired) electrons. The lowest BCUT2D eigenvalue weighted by atomic mass is 10.1. The van der Waals surface area contributed by atoms with E-state index in [1.807, 2.05) is 41.1 Å². The number of hydrogen-bond donors (Lipinski definition) is 0. The number of carbonyl (C=O) groups is 1. The molecule has 1 heterocycles. The van der Waals surface area contributed by atoms with E-state index in [2.05, 4.69) is 44.0 Å². The topological polar surface area (TPSA) is 41.4 Å². The Morgan fingerprint density at radius 3 is 2.36 bits per heavy atom. The predicted octanol–water partition coefficient (Wildman–Crippen LogP) is 3.82. The average Bonchev–Trinajstić information content (AvgIpc) is 2.96. The van der Waals surface area contributed by atoms with Crippen LogP contribution in [0.5, 0.6) is 0 Å². The van der Waals surface area contributed by atoms with Crippen LogP contribution in [0, 0.1) is 13.8 Å². The molecule has 5 heteroatoms. The summed E-state index contributed by atoms with van der Waals surface area (Å²) in [6, 6.07) is 18.1. The third kappa shape index (κ3) is 4.31. The third-order valence-corrected chi connectivity index (χ3v) is 4.90. The standard InChI is InChI=1S/C23H28N4O/c1-17-22(18(2)27(24-17)21-12-7-6-8-13-21)16-26(5)15-19-10-9-11-20(14-19)23(28)25(3)4/h6-14H,15-16H2,1-5H3. The summed E-state index contributed by atoms with van der Waals surface area (Å²) in [5.74, 6) is 0.0281. The van der Waals surface area contributed by atoms with Gasteiger partial charge in [-0.25, -0.2) is 4.68 Å². The number of rotatable bonds is 6. The van der Waals surface area contributed by atoms with Gasteiger partial charge in [-0.15, -0.1) is 0 Å². The van der Waals surface area contributed by atoms with Gasteiger partial charge in [0.2, 0.25) is 0 Å². The molecule has 0 unspecified atom stereocenters. The molecule has 1 amide bonds. The monoisotopic (exact) mass is 376 g/mol. The second-order valence-electron chi connectivity index (χ2n) is 7.47. The van der Waals surface area contributed by atoms with Crippen molar-refractivity contribution in [1.82, 2.24) is 19.6 Å². The largest absolute Gasteiger partial charge is 0.345 e. The summed E-state index contributed by atoms with van der Waals surface area (Å²) in [6.07, 6.45) is 0. The first kappa shape index (κ1) is 19.8. The Kier molecular flexibility index (Phi) is 5.95. The van der Waals surface area contributed by atoms with Crippen molar-refractivity contribution in [2.45, 2.75) is 26.9 Å². The van der Waals surface area contributed by atoms with Crippen LogP contribution in [0.4, 0.5) is 0 Å². The van der Waals surface area contributed by atoms with E-state index in [9.17, 15) is 4.79 Å². The average molecular weight is 377 g/mol. The van der Waals surface area contributed by atoms with Gasteiger partial charge in [0.05, 0.1) is 11.4 Å². The number of benzene rings is 2. The van der Waals surface area contributed by atoms with Gasteiger partial charge >= 0.3 is 0 Å². The second-order valence-corrected chi connectivity index (χ2v) is 7.47. The molecule has 1 aromatic heterocycles. The molecule has 0 N–H and O–H groups in total. The SMILES string of the molecule is Cc1nn(-c2ccccc2)c(C)c1CN(C)Cc1cccc(C(=O)N(C)C)c1. The first-order valence-corrected chi connectivity index (χ1v) is 9.46. The molecule has 2 aromatic carbocycles. The van der Waals surface area contributed by atoms with Crippen molar-refractivity contribution in [3.8, 4) is 5.69 Å². The first-order chi connectivity index (χ1) is 13.4. The number of para-hydroxylation sites is 1. The predicted molar refractivity (Wildman–Crippen MR) is 113 cm³/mol. The Labute approximate surface area is 167 Å². The lowest BCUT2D eigenvalue weighted by molar-refractivity contribution is 0.0827. The van der Waals surface area contributed by atoms with E-state index < -0.39 is 0 Å². The zero-order chi connectivity index (χ0) is 20.3. The van der Waals surface area contributed by atoms with Crippen LogP contribution in [0.2, 0.25) is 0 Å². The van der Waals surface area contributed by atoms with E-state index in [4.69, 9.17) is 5.10 Å². The molecule has 0 fully saturated rings. The Morgan fingerprint density at radius 2 is 1.68 bits per heavy atom. The molecule has 3 rings (SSSR count). The summed E-state index contributed by atoms with van der Waals surface area (Å²) < 4.78 is 2.01. The van der Waals surface area contributed by atoms with Gasteiger partial charge in [0, 0.05) is 44.0 Å². The van der Waals surface area contributed by atoms with Crippen molar-refractivity contribution >= 4 is 5.91 Å². The molecule has 0 aliphatic carbocycles. The molecule has 146 valence electrons. The Balaban J connectivity index is 1.76. The number of hydrogen-bond acceptors (Lipinski definition) is 3. The highest BCUT2D eigenvalue weighted by Crippen LogP contribution is 2.20. The Bertz CT molecular complexity index is 960. The summed E-state index contributed by atoms with van der Waals surface area (Å²) in [5.41, 5.74) is 6.37. The minimum Gasteiger partial charge on any atom is -0.345 e. The fraction of sp³-hybridized carbons (Fsp3) is 0.304. The van der Waals surface area contributed by atoms with Crippen LogP contribution < -0.4 is 0 Å². The fourth-order valence-corrected chi connectivity index (χ4v) is 3.42. The van der Waals surface area contributed by atoms with Crippen LogP contribution in [0.25, 0.3) is 5.69 Å². The van der Waals surface area contributed by atoms with Gasteiger partial charge in [0.1, 0.15) is 0 Å². The van der Waals surface area contributed by atoms with E-state index in [1.165, 1.54) is 5.56 Å². The molecule has 5 nitrogen and oxygen atoms in total. The van der Waals surface area contributed by atoms with Crippen molar-refractivity contribution in [2.75, 3.05) is 21.1 Å². The molecule has 0 atom stereocenters. The Hall–Kier alpha value is -2.92. The molecule has 0 aliphatic rings. The number of aromatic nitrogens is 2. The van der Waals surface area contributed by atoms with Crippen molar-refractivity contribution in [1.29, 1.82) is 0 Å². The zero-order valence-corrected chi connectivity index (χ0v) is 17.3. The lowest BCUT2D eigenvalue weighted by Crippen LogP contribution is -2.22. The molecule has 0 bridgehead atoms. The quantitative estimate of drug-likeness (QED) is 0.657. The second kappa shape index (κ2) is 8.40. The van der Waals surface area contributed by atoms with E-state index in [-0.39, 0.29) is 5.91 Å². The molecular formula is C23H28N4O. The molecule has 0 saturated heterocycles. The maximum atomic E-state index is 12.2. The van der Waals surface area contributed by atoms with E-state index >= 15 is 0 Å². The maximum absolute atomic E-state index is 12.2. The van der Waals surface area contributed by atoms with Crippen LogP contribution in [0.3, 0.4) is 0 Å². The molecule has 3 aromatic rings. The zero-order valence-electron chi connectivity index (χ0n) is 17.3. The fourth-order valence-electron chi connectivity index (χ4n) is 3.42. The minimum atomic E-state index is 0.0281. The van der Waals surface area contributed by atoms with Crippen molar-refractivity contribution < 1.29 is 4.79 Å². The molecule has 0 spiro atoms. The number of carbonyl (C=O) groups excluding carboxylic acids is 1. The maximum Gasteiger partial charge on any atom is 0.253 e. The Morgan fingerprint density at radius 1 is 0.964 bits per heavy atom. The first-order valence-electron chi connectivity index (χ1n) is 9.46. The lowest BCUT2D eigenvalue weighted by Gasteiger charge is -2.18. The highest BCUT2D eigenvalue weighted by Gasteiger charge is 2.15. The molecule has 28 heavy (non-hydrogen) atoms. The van der Waals surface area contributed by atoms with Crippen molar-refractivity contribution in [2.24, 2.45) is 0 Å². The number of aryl methyl sites for hydroxylation is 1. The summed E-state index contributed by atoms with van der Waals surface area (Å²) in [6.45, 7) is 5.75. The van der Waals surface area contributed by atoms with Crippen molar-refractivity contribution in [3.63, 3.8) is 0 Å². The van der Waals surface area contributed by atoms with Crippen LogP contribution >= 0.6 is 0 Å². The summed E-state index contributed by atoms with van der Waals surface area (Å²) in [5, 5.41) is 4.74. The molecule has 0 aliphatic heterocycles. The molecule has 0 saturated carbocycles. The third-order valence-electron chi connectivity index (χ3n) is 4.90. The van der Waals surface area contributed by atoms with Gasteiger partial charge in [-0.05, 0) is 50.7 Å². The van der Waals surface area contributed by atoms with Crippen LogP contribution in [0.1, 0.15) is 32.9 Å². The van der Waals surface area contributed by atoms with Crippen LogP contribution in [0.15, 0.2) is 54.6 Å². The molecular weight excluding hydrogens is 348 g/mol. The van der Waals surface area contributed by atoms with Crippen molar-refractivity contribution in [3.05, 3.63) is 82.7 Å². The van der Waals surface area contributed by atoms with Crippen LogP contribution in [-0.2, 0) is 13.1 Å². The van der Waals surface area contributed by atoms with E-state index in [1.54, 1.807) is 19.0 Å². The van der Waals surface area contributed by atoms with Gasteiger partial charge in [0.25, 0.3) is 5.91 Å². The highest BCUT2D eigenvalue weighted by atomic mass is 16.2. The summed E-state index contributed by atoms with van der Waals surface area (Å²) in [4.78, 5) is 16.1. The number of nitrogens with zero attached hydrogens (tertiary/aromatic N) is 4. The van der Waals surface area contributed by atoms with Gasteiger partial charge in [0.15, 0.2) is 0 Å². The highest BCUT2D eigenvalue weighted by molar-refractivity contribution is 5.94. The van der Waals surface area contributed by atoms with Gasteiger partial charge in [-0.3, -0.25) is 9.69 Å². The number of amides is 1. The van der Waals surface area contributed by atoms with E-state index in [0.29, 0.717) is 0 Å². The van der Waals surface area contributed by atoms with E-state index in [0.717, 1.165) is 41.3 Å². The van der Waals surface area contributed by atoms with Gasteiger partial charge < -0.3 is 4.90 Å². The van der Waals surface area contributed by atoms with Crippen LogP contribution in [-0.4, -0.2) is 46.6 Å². The normalized spacial score (nSPS) is 11.1. The summed E-state index contributed by atoms with van der Waals surface area (Å²) in [7, 11) is 5.65. The van der Waals surface area contributed by atoms with Gasteiger partial charge in [-0.1, -0.05) is 30.3 Å². The smallest absolute Gasteiger partial charge is 0.253 e. The summed E-state index contributed by atoms with van der Waals surface area (Å²) >= 11 is 0. The van der Waals surface area contributed by atoms with Gasteiger partial charge in [-0.2, -0.15) is 5.10 Å².